The first-order valence-electron chi connectivity index (χ1n) is 12.1. The van der Waals surface area contributed by atoms with Crippen LogP contribution in [0.25, 0.3) is 11.2 Å². The molecule has 0 N–H and O–H groups in total. The van der Waals surface area contributed by atoms with Crippen molar-refractivity contribution in [2.75, 3.05) is 31.1 Å². The van der Waals surface area contributed by atoms with E-state index in [4.69, 9.17) is 4.98 Å². The minimum absolute atomic E-state index is 0.224. The highest BCUT2D eigenvalue weighted by atomic mass is 16.2. The molecule has 0 unspecified atom stereocenters. The molecule has 0 amide bonds. The van der Waals surface area contributed by atoms with Gasteiger partial charge < -0.3 is 14.4 Å². The van der Waals surface area contributed by atoms with Crippen molar-refractivity contribution in [2.24, 2.45) is 13.0 Å². The Balaban J connectivity index is 1.62. The Morgan fingerprint density at radius 1 is 0.970 bits per heavy atom. The molecule has 5 rings (SSSR count). The Morgan fingerprint density at radius 3 is 2.36 bits per heavy atom. The smallest absolute Gasteiger partial charge is 0.312 e. The number of likely N-dealkylation sites (tertiary alicyclic amines) is 1. The minimum atomic E-state index is -0.286. The summed E-state index contributed by atoms with van der Waals surface area (Å²) in [6, 6.07) is 6.47. The second-order valence-electron chi connectivity index (χ2n) is 9.96. The normalized spacial score (nSPS) is 19.3. The molecule has 0 radical (unpaired) electrons. The average Bonchev–Trinajstić information content (AvgIpc) is 3.16. The third-order valence-electron chi connectivity index (χ3n) is 7.05. The van der Waals surface area contributed by atoms with Gasteiger partial charge in [-0.1, -0.05) is 19.4 Å². The number of imidazole rings is 1. The van der Waals surface area contributed by atoms with Gasteiger partial charge in [0.05, 0.1) is 0 Å². The molecule has 1 fully saturated rings. The molecule has 1 saturated heterocycles. The van der Waals surface area contributed by atoms with Crippen LogP contribution >= 0.6 is 0 Å². The first-order valence-corrected chi connectivity index (χ1v) is 12.1. The lowest BCUT2D eigenvalue weighted by Gasteiger charge is -2.33. The Hall–Kier alpha value is -2.87. The van der Waals surface area contributed by atoms with Crippen molar-refractivity contribution >= 4 is 22.8 Å². The summed E-state index contributed by atoms with van der Waals surface area (Å²) in [5.74, 6) is 1.09. The van der Waals surface area contributed by atoms with Crippen LogP contribution in [0.1, 0.15) is 37.3 Å². The van der Waals surface area contributed by atoms with Gasteiger partial charge in [0, 0.05) is 38.9 Å². The van der Waals surface area contributed by atoms with Crippen molar-refractivity contribution in [1.29, 1.82) is 0 Å². The Kier molecular flexibility index (Phi) is 5.64. The zero-order valence-corrected chi connectivity index (χ0v) is 20.2. The maximum atomic E-state index is 13.6. The van der Waals surface area contributed by atoms with Crippen molar-refractivity contribution < 1.29 is 0 Å². The lowest BCUT2D eigenvalue weighted by Crippen LogP contribution is -2.43. The summed E-state index contributed by atoms with van der Waals surface area (Å²) in [5, 5.41) is 0. The number of hydrogen-bond acceptors (Lipinski definition) is 5. The predicted octanol–water partition coefficient (Wildman–Crippen LogP) is 2.79. The van der Waals surface area contributed by atoms with E-state index >= 15 is 0 Å². The van der Waals surface area contributed by atoms with Gasteiger partial charge in [-0.15, -0.1) is 0 Å². The molecule has 2 aliphatic rings. The molecular formula is C25H34N6O2. The number of anilines is 2. The molecule has 4 heterocycles. The molecule has 2 aliphatic heterocycles. The fraction of sp³-hybridized carbons (Fsp3) is 0.560. The topological polar surface area (TPSA) is 68.3 Å². The summed E-state index contributed by atoms with van der Waals surface area (Å²) in [7, 11) is 1.73. The molecule has 1 aromatic carbocycles. The molecule has 0 aliphatic carbocycles. The summed E-state index contributed by atoms with van der Waals surface area (Å²) in [6.45, 7) is 11.2. The van der Waals surface area contributed by atoms with E-state index in [1.807, 2.05) is 4.57 Å². The molecule has 33 heavy (non-hydrogen) atoms. The summed E-state index contributed by atoms with van der Waals surface area (Å²) < 4.78 is 4.98. The maximum Gasteiger partial charge on any atom is 0.332 e. The van der Waals surface area contributed by atoms with E-state index in [0.29, 0.717) is 30.2 Å². The van der Waals surface area contributed by atoms with Crippen LogP contribution in [0, 0.1) is 19.8 Å². The fourth-order valence-electron chi connectivity index (χ4n) is 5.45. The van der Waals surface area contributed by atoms with Crippen LogP contribution in [0.15, 0.2) is 27.8 Å². The number of aromatic nitrogens is 4. The van der Waals surface area contributed by atoms with Gasteiger partial charge in [-0.3, -0.25) is 13.9 Å². The van der Waals surface area contributed by atoms with Crippen molar-refractivity contribution in [3.8, 4) is 0 Å². The Bertz CT molecular complexity index is 1290. The van der Waals surface area contributed by atoms with Gasteiger partial charge in [-0.05, 0) is 69.0 Å². The van der Waals surface area contributed by atoms with Gasteiger partial charge in [-0.2, -0.15) is 4.98 Å². The number of aryl methyl sites for hydroxylation is 3. The molecule has 0 spiro atoms. The molecule has 1 atom stereocenters. The van der Waals surface area contributed by atoms with Crippen LogP contribution in [0.5, 0.6) is 0 Å². The van der Waals surface area contributed by atoms with Crippen molar-refractivity contribution in [2.45, 2.75) is 53.1 Å². The van der Waals surface area contributed by atoms with E-state index in [9.17, 15) is 9.59 Å². The molecular weight excluding hydrogens is 416 g/mol. The third-order valence-corrected chi connectivity index (χ3v) is 7.05. The zero-order chi connectivity index (χ0) is 23.3. The number of fused-ring (bicyclic) bond motifs is 3. The van der Waals surface area contributed by atoms with Crippen LogP contribution in [-0.4, -0.2) is 49.8 Å². The summed E-state index contributed by atoms with van der Waals surface area (Å²) in [4.78, 5) is 36.1. The summed E-state index contributed by atoms with van der Waals surface area (Å²) in [5.41, 5.74) is 3.95. The number of piperidine rings is 1. The van der Waals surface area contributed by atoms with E-state index in [2.05, 4.69) is 48.8 Å². The zero-order valence-electron chi connectivity index (χ0n) is 20.2. The highest BCUT2D eigenvalue weighted by molar-refractivity contribution is 5.77. The Labute approximate surface area is 194 Å². The van der Waals surface area contributed by atoms with Gasteiger partial charge in [0.25, 0.3) is 5.56 Å². The molecule has 0 bridgehead atoms. The first-order chi connectivity index (χ1) is 15.8. The van der Waals surface area contributed by atoms with Crippen LogP contribution in [0.3, 0.4) is 0 Å². The molecule has 2 aromatic heterocycles. The molecule has 8 nitrogen and oxygen atoms in total. The highest BCUT2D eigenvalue weighted by Crippen LogP contribution is 2.33. The second-order valence-corrected chi connectivity index (χ2v) is 9.96. The fourth-order valence-corrected chi connectivity index (χ4v) is 5.45. The molecule has 8 heteroatoms. The number of nitrogens with zero attached hydrogens (tertiary/aromatic N) is 6. The highest BCUT2D eigenvalue weighted by Gasteiger charge is 2.30. The number of benzene rings is 1. The predicted molar refractivity (Wildman–Crippen MR) is 132 cm³/mol. The summed E-state index contributed by atoms with van der Waals surface area (Å²) in [6.07, 6.45) is 3.64. The van der Waals surface area contributed by atoms with Gasteiger partial charge >= 0.3 is 5.69 Å². The van der Waals surface area contributed by atoms with Crippen molar-refractivity contribution in [3.63, 3.8) is 0 Å². The lowest BCUT2D eigenvalue weighted by molar-refractivity contribution is 0.218. The van der Waals surface area contributed by atoms with E-state index < -0.39 is 0 Å². The van der Waals surface area contributed by atoms with Crippen LogP contribution in [0.4, 0.5) is 11.6 Å². The van der Waals surface area contributed by atoms with Gasteiger partial charge in [0.15, 0.2) is 11.2 Å². The minimum Gasteiger partial charge on any atom is -0.312 e. The molecule has 176 valence electrons. The summed E-state index contributed by atoms with van der Waals surface area (Å²) >= 11 is 0. The van der Waals surface area contributed by atoms with Crippen molar-refractivity contribution in [3.05, 3.63) is 50.2 Å². The first kappa shape index (κ1) is 21.9. The van der Waals surface area contributed by atoms with Gasteiger partial charge in [0.1, 0.15) is 0 Å². The van der Waals surface area contributed by atoms with Crippen LogP contribution < -0.4 is 16.1 Å². The van der Waals surface area contributed by atoms with Crippen LogP contribution in [0.2, 0.25) is 0 Å². The Morgan fingerprint density at radius 2 is 1.67 bits per heavy atom. The second kappa shape index (κ2) is 8.48. The van der Waals surface area contributed by atoms with E-state index in [1.165, 1.54) is 35.0 Å². The molecule has 3 aromatic rings. The van der Waals surface area contributed by atoms with Gasteiger partial charge in [0.2, 0.25) is 5.95 Å². The van der Waals surface area contributed by atoms with E-state index in [0.717, 1.165) is 37.8 Å². The van der Waals surface area contributed by atoms with Crippen molar-refractivity contribution in [1.82, 2.24) is 23.6 Å². The maximum absolute atomic E-state index is 13.6. The average molecular weight is 451 g/mol. The number of rotatable bonds is 4. The lowest BCUT2D eigenvalue weighted by atomic mass is 10.1. The van der Waals surface area contributed by atoms with Crippen LogP contribution in [-0.2, 0) is 20.1 Å². The quantitative estimate of drug-likeness (QED) is 0.612. The number of hydrogen-bond donors (Lipinski definition) is 0. The van der Waals surface area contributed by atoms with E-state index in [1.54, 1.807) is 11.6 Å². The van der Waals surface area contributed by atoms with E-state index in [-0.39, 0.29) is 11.2 Å². The van der Waals surface area contributed by atoms with Gasteiger partial charge in [-0.25, -0.2) is 4.79 Å². The molecule has 0 saturated carbocycles. The third kappa shape index (κ3) is 3.90. The standard InChI is InChI=1S/C25H34N6O2/c1-17-12-18(2)14-20(13-17)30-15-19(3)16-31-21-22(26-24(30)31)27(4)25(33)29(23(21)32)11-10-28-8-6-5-7-9-28/h12-14,19H,5-11,15-16H2,1-4H3/t19-/m0/s1. The SMILES string of the molecule is Cc1cc(C)cc(N2C[C@H](C)Cn3c2nc2c3c(=O)n(CCN3CCCCC3)c(=O)n2C)c1. The monoisotopic (exact) mass is 450 g/mol. The largest absolute Gasteiger partial charge is 0.332 e.